The second-order valence-electron chi connectivity index (χ2n) is 4.75. The van der Waals surface area contributed by atoms with Gasteiger partial charge in [-0.25, -0.2) is 4.79 Å². The first-order valence-corrected chi connectivity index (χ1v) is 7.05. The minimum atomic E-state index is -0.384. The minimum absolute atomic E-state index is 0.258. The highest BCUT2D eigenvalue weighted by molar-refractivity contribution is 9.10. The van der Waals surface area contributed by atoms with Crippen molar-refractivity contribution in [3.8, 4) is 0 Å². The number of nitrogens with two attached hydrogens (primary N) is 1. The zero-order chi connectivity index (χ0) is 14.7. The van der Waals surface area contributed by atoms with Crippen LogP contribution in [0.2, 0.25) is 0 Å². The van der Waals surface area contributed by atoms with Crippen molar-refractivity contribution in [3.63, 3.8) is 0 Å². The fraction of sp³-hybridized carbons (Fsp3) is 0.188. The van der Waals surface area contributed by atoms with Crippen LogP contribution >= 0.6 is 15.9 Å². The van der Waals surface area contributed by atoms with E-state index >= 15 is 0 Å². The number of aryl methyl sites for hydroxylation is 2. The van der Waals surface area contributed by atoms with Gasteiger partial charge in [0.2, 0.25) is 0 Å². The zero-order valence-corrected chi connectivity index (χ0v) is 13.0. The Bertz CT molecular complexity index is 653. The van der Waals surface area contributed by atoms with E-state index in [0.717, 1.165) is 16.7 Å². The van der Waals surface area contributed by atoms with Crippen molar-refractivity contribution in [3.05, 3.63) is 63.1 Å². The Labute approximate surface area is 126 Å². The van der Waals surface area contributed by atoms with Crippen molar-refractivity contribution in [1.82, 2.24) is 0 Å². The molecule has 0 saturated heterocycles. The zero-order valence-electron chi connectivity index (χ0n) is 11.4. The van der Waals surface area contributed by atoms with Crippen molar-refractivity contribution in [2.45, 2.75) is 20.5 Å². The van der Waals surface area contributed by atoms with Crippen molar-refractivity contribution < 1.29 is 9.53 Å². The average Bonchev–Trinajstić information content (AvgIpc) is 2.42. The Hall–Kier alpha value is -1.81. The maximum absolute atomic E-state index is 12.1. The lowest BCUT2D eigenvalue weighted by atomic mass is 10.1. The van der Waals surface area contributed by atoms with Gasteiger partial charge in [-0.2, -0.15) is 0 Å². The van der Waals surface area contributed by atoms with Crippen LogP contribution in [0.1, 0.15) is 27.0 Å². The van der Waals surface area contributed by atoms with Crippen LogP contribution in [-0.4, -0.2) is 5.97 Å². The Balaban J connectivity index is 2.12. The topological polar surface area (TPSA) is 52.3 Å². The van der Waals surface area contributed by atoms with Crippen LogP contribution in [0, 0.1) is 13.8 Å². The van der Waals surface area contributed by atoms with Crippen LogP contribution in [-0.2, 0) is 11.3 Å². The van der Waals surface area contributed by atoms with Crippen LogP contribution in [0.5, 0.6) is 0 Å². The van der Waals surface area contributed by atoms with Crippen molar-refractivity contribution in [2.75, 3.05) is 5.73 Å². The number of carbonyl (C=O) groups excluding carboxylic acids is 1. The normalized spacial score (nSPS) is 10.3. The summed E-state index contributed by atoms with van der Waals surface area (Å²) < 4.78 is 6.04. The largest absolute Gasteiger partial charge is 0.457 e. The number of hydrogen-bond acceptors (Lipinski definition) is 3. The molecule has 0 bridgehead atoms. The second kappa shape index (κ2) is 6.09. The van der Waals surface area contributed by atoms with Gasteiger partial charge in [0.05, 0.1) is 5.56 Å². The van der Waals surface area contributed by atoms with E-state index in [2.05, 4.69) is 15.9 Å². The summed E-state index contributed by atoms with van der Waals surface area (Å²) in [7, 11) is 0. The molecule has 104 valence electrons. The van der Waals surface area contributed by atoms with E-state index in [1.165, 1.54) is 0 Å². The lowest BCUT2D eigenvalue weighted by molar-refractivity contribution is 0.0471. The fourth-order valence-corrected chi connectivity index (χ4v) is 2.28. The number of esters is 1. The lowest BCUT2D eigenvalue weighted by Crippen LogP contribution is -2.07. The Morgan fingerprint density at radius 3 is 2.70 bits per heavy atom. The molecule has 0 fully saturated rings. The number of anilines is 1. The molecule has 0 aromatic heterocycles. The molecule has 2 aromatic carbocycles. The molecule has 3 nitrogen and oxygen atoms in total. The Morgan fingerprint density at radius 1 is 1.20 bits per heavy atom. The SMILES string of the molecule is Cc1ccc(C)c(COC(=O)c2cc(N)ccc2Br)c1. The lowest BCUT2D eigenvalue weighted by Gasteiger charge is -2.10. The van der Waals surface area contributed by atoms with Gasteiger partial charge in [0.25, 0.3) is 0 Å². The highest BCUT2D eigenvalue weighted by Crippen LogP contribution is 2.21. The second-order valence-corrected chi connectivity index (χ2v) is 5.60. The first-order chi connectivity index (χ1) is 9.47. The molecule has 4 heteroatoms. The molecule has 0 radical (unpaired) electrons. The molecule has 0 aliphatic carbocycles. The summed E-state index contributed by atoms with van der Waals surface area (Å²) >= 11 is 3.33. The molecule has 2 N–H and O–H groups in total. The highest BCUT2D eigenvalue weighted by Gasteiger charge is 2.12. The molecular formula is C16H16BrNO2. The quantitative estimate of drug-likeness (QED) is 0.682. The van der Waals surface area contributed by atoms with Gasteiger partial charge in [-0.15, -0.1) is 0 Å². The molecule has 0 saturated carbocycles. The molecule has 2 aromatic rings. The molecule has 0 atom stereocenters. The maximum atomic E-state index is 12.1. The van der Waals surface area contributed by atoms with Gasteiger partial charge in [0.15, 0.2) is 0 Å². The van der Waals surface area contributed by atoms with Crippen LogP contribution < -0.4 is 5.73 Å². The molecule has 20 heavy (non-hydrogen) atoms. The standard InChI is InChI=1S/C16H16BrNO2/c1-10-3-4-11(2)12(7-10)9-20-16(19)14-8-13(18)5-6-15(14)17/h3-8H,9,18H2,1-2H3. The molecule has 2 rings (SSSR count). The maximum Gasteiger partial charge on any atom is 0.339 e. The summed E-state index contributed by atoms with van der Waals surface area (Å²) in [5.74, 6) is -0.384. The van der Waals surface area contributed by atoms with Crippen LogP contribution in [0.4, 0.5) is 5.69 Å². The third kappa shape index (κ3) is 3.39. The third-order valence-corrected chi connectivity index (χ3v) is 3.77. The minimum Gasteiger partial charge on any atom is -0.457 e. The third-order valence-electron chi connectivity index (χ3n) is 3.07. The summed E-state index contributed by atoms with van der Waals surface area (Å²) in [5, 5.41) is 0. The number of rotatable bonds is 3. The number of nitrogen functional groups attached to an aromatic ring is 1. The number of ether oxygens (including phenoxy) is 1. The highest BCUT2D eigenvalue weighted by atomic mass is 79.9. The van der Waals surface area contributed by atoms with Crippen molar-refractivity contribution in [1.29, 1.82) is 0 Å². The van der Waals surface area contributed by atoms with Gasteiger partial charge in [0, 0.05) is 10.2 Å². The predicted octanol–water partition coefficient (Wildman–Crippen LogP) is 4.01. The monoisotopic (exact) mass is 333 g/mol. The molecule has 0 aliphatic heterocycles. The van der Waals surface area contributed by atoms with E-state index in [1.54, 1.807) is 18.2 Å². The van der Waals surface area contributed by atoms with E-state index in [1.807, 2.05) is 32.0 Å². The van der Waals surface area contributed by atoms with E-state index in [9.17, 15) is 4.79 Å². The average molecular weight is 334 g/mol. The first-order valence-electron chi connectivity index (χ1n) is 6.25. The predicted molar refractivity (Wildman–Crippen MR) is 83.6 cm³/mol. The number of halogens is 1. The van der Waals surface area contributed by atoms with E-state index in [-0.39, 0.29) is 12.6 Å². The van der Waals surface area contributed by atoms with E-state index in [0.29, 0.717) is 15.7 Å². The number of benzene rings is 2. The number of hydrogen-bond donors (Lipinski definition) is 1. The molecule has 0 heterocycles. The molecule has 0 spiro atoms. The summed E-state index contributed by atoms with van der Waals surface area (Å²) in [6, 6.07) is 11.2. The van der Waals surface area contributed by atoms with Gasteiger partial charge in [-0.05, 0) is 59.1 Å². The van der Waals surface area contributed by atoms with Crippen LogP contribution in [0.15, 0.2) is 40.9 Å². The van der Waals surface area contributed by atoms with Gasteiger partial charge < -0.3 is 10.5 Å². The Kier molecular flexibility index (Phi) is 4.45. The van der Waals surface area contributed by atoms with Gasteiger partial charge >= 0.3 is 5.97 Å². The van der Waals surface area contributed by atoms with Crippen molar-refractivity contribution >= 4 is 27.6 Å². The number of carbonyl (C=O) groups is 1. The smallest absolute Gasteiger partial charge is 0.339 e. The first kappa shape index (κ1) is 14.6. The fourth-order valence-electron chi connectivity index (χ4n) is 1.88. The van der Waals surface area contributed by atoms with Crippen molar-refractivity contribution in [2.24, 2.45) is 0 Å². The van der Waals surface area contributed by atoms with E-state index < -0.39 is 0 Å². The van der Waals surface area contributed by atoms with Crippen LogP contribution in [0.3, 0.4) is 0 Å². The van der Waals surface area contributed by atoms with Gasteiger partial charge in [-0.1, -0.05) is 23.8 Å². The molecular weight excluding hydrogens is 318 g/mol. The summed E-state index contributed by atoms with van der Waals surface area (Å²) in [4.78, 5) is 12.1. The van der Waals surface area contributed by atoms with Gasteiger partial charge in [0.1, 0.15) is 6.61 Å². The summed E-state index contributed by atoms with van der Waals surface area (Å²) in [6.07, 6.45) is 0. The van der Waals surface area contributed by atoms with Gasteiger partial charge in [-0.3, -0.25) is 0 Å². The summed E-state index contributed by atoms with van der Waals surface area (Å²) in [6.45, 7) is 4.27. The Morgan fingerprint density at radius 2 is 1.95 bits per heavy atom. The van der Waals surface area contributed by atoms with Crippen LogP contribution in [0.25, 0.3) is 0 Å². The molecule has 0 unspecified atom stereocenters. The molecule has 0 aliphatic rings. The van der Waals surface area contributed by atoms with E-state index in [4.69, 9.17) is 10.5 Å². The molecule has 0 amide bonds. The summed E-state index contributed by atoms with van der Waals surface area (Å²) in [5.41, 5.74) is 9.93.